The van der Waals surface area contributed by atoms with Crippen molar-refractivity contribution in [3.63, 3.8) is 0 Å². The molecule has 0 heterocycles. The van der Waals surface area contributed by atoms with E-state index in [2.05, 4.69) is 13.8 Å². The Kier molecular flexibility index (Phi) is 15.2. The fourth-order valence-electron chi connectivity index (χ4n) is 2.75. The highest BCUT2D eigenvalue weighted by Crippen LogP contribution is 2.14. The molecule has 0 unspecified atom stereocenters. The normalized spacial score (nSPS) is 12.1. The second-order valence-corrected chi connectivity index (χ2v) is 7.51. The summed E-state index contributed by atoms with van der Waals surface area (Å²) in [6.07, 6.45) is 9.90. The largest absolute Gasteiger partial charge is 0.464 e. The Labute approximate surface area is 160 Å². The van der Waals surface area contributed by atoms with Gasteiger partial charge in [-0.1, -0.05) is 72.6 Å². The minimum absolute atomic E-state index is 0.289. The molecule has 0 aromatic carbocycles. The molecular weight excluding hydrogens is 330 g/mol. The van der Waals surface area contributed by atoms with Gasteiger partial charge in [0.05, 0.1) is 13.2 Å². The van der Waals surface area contributed by atoms with E-state index >= 15 is 0 Å². The molecule has 0 radical (unpaired) electrons. The van der Waals surface area contributed by atoms with Gasteiger partial charge in [-0.05, 0) is 25.2 Å². The van der Waals surface area contributed by atoms with E-state index in [9.17, 15) is 9.59 Å². The summed E-state index contributed by atoms with van der Waals surface area (Å²) in [5.74, 6) is -0.0310. The van der Waals surface area contributed by atoms with Crippen LogP contribution in [0.2, 0.25) is 0 Å². The van der Waals surface area contributed by atoms with Gasteiger partial charge in [-0.25, -0.2) is 9.59 Å². The molecule has 0 saturated heterocycles. The van der Waals surface area contributed by atoms with Gasteiger partial charge in [0.1, 0.15) is 6.04 Å². The summed E-state index contributed by atoms with van der Waals surface area (Å²) in [6.45, 7) is 9.23. The molecular formula is C21H41NO4. The Morgan fingerprint density at radius 3 is 1.85 bits per heavy atom. The third kappa shape index (κ3) is 12.2. The van der Waals surface area contributed by atoms with Crippen LogP contribution in [0.1, 0.15) is 91.9 Å². The van der Waals surface area contributed by atoms with Crippen molar-refractivity contribution in [3.05, 3.63) is 0 Å². The lowest BCUT2D eigenvalue weighted by atomic mass is 10.0. The predicted molar refractivity (Wildman–Crippen MR) is 106 cm³/mol. The molecule has 0 spiro atoms. The third-order valence-electron chi connectivity index (χ3n) is 4.44. The fraction of sp³-hybridized carbons (Fsp3) is 0.905. The van der Waals surface area contributed by atoms with Gasteiger partial charge in [0, 0.05) is 7.05 Å². The van der Waals surface area contributed by atoms with Crippen LogP contribution >= 0.6 is 0 Å². The van der Waals surface area contributed by atoms with E-state index in [1.54, 1.807) is 7.05 Å². The van der Waals surface area contributed by atoms with Crippen LogP contribution in [-0.2, 0) is 14.3 Å². The highest BCUT2D eigenvalue weighted by atomic mass is 16.6. The molecule has 0 aromatic heterocycles. The fourth-order valence-corrected chi connectivity index (χ4v) is 2.75. The zero-order valence-electron chi connectivity index (χ0n) is 17.7. The van der Waals surface area contributed by atoms with Crippen LogP contribution in [0.3, 0.4) is 0 Å². The number of carbonyl (C=O) groups excluding carboxylic acids is 2. The summed E-state index contributed by atoms with van der Waals surface area (Å²) < 4.78 is 10.7. The Bertz CT molecular complexity index is 371. The van der Waals surface area contributed by atoms with Gasteiger partial charge in [0.15, 0.2) is 0 Å². The first kappa shape index (κ1) is 24.7. The average molecular weight is 372 g/mol. The van der Waals surface area contributed by atoms with Crippen molar-refractivity contribution in [2.45, 2.75) is 97.9 Å². The van der Waals surface area contributed by atoms with E-state index < -0.39 is 12.1 Å². The van der Waals surface area contributed by atoms with Crippen molar-refractivity contribution in [3.8, 4) is 0 Å². The summed E-state index contributed by atoms with van der Waals surface area (Å²) >= 11 is 0. The quantitative estimate of drug-likeness (QED) is 0.279. The molecule has 0 saturated carbocycles. The lowest BCUT2D eigenvalue weighted by molar-refractivity contribution is -0.149. The molecule has 154 valence electrons. The zero-order chi connectivity index (χ0) is 19.8. The van der Waals surface area contributed by atoms with Crippen molar-refractivity contribution in [1.29, 1.82) is 0 Å². The average Bonchev–Trinajstić information content (AvgIpc) is 2.61. The number of esters is 1. The standard InChI is InChI=1S/C21H41NO4/c1-6-8-10-12-14-15-25-20(23)19(17-18(3)4)22(5)21(24)26-16-13-11-9-7-2/h18-19H,6-17H2,1-5H3/t19-/m0/s1. The van der Waals surface area contributed by atoms with Crippen LogP contribution < -0.4 is 0 Å². The molecule has 1 atom stereocenters. The lowest BCUT2D eigenvalue weighted by Gasteiger charge is -2.27. The minimum Gasteiger partial charge on any atom is -0.464 e. The number of carbonyl (C=O) groups is 2. The lowest BCUT2D eigenvalue weighted by Crippen LogP contribution is -2.44. The first-order chi connectivity index (χ1) is 12.4. The van der Waals surface area contributed by atoms with E-state index in [0.717, 1.165) is 38.5 Å². The Balaban J connectivity index is 4.36. The van der Waals surface area contributed by atoms with E-state index in [4.69, 9.17) is 9.47 Å². The van der Waals surface area contributed by atoms with Crippen LogP contribution in [0, 0.1) is 5.92 Å². The van der Waals surface area contributed by atoms with Crippen LogP contribution in [0.4, 0.5) is 4.79 Å². The Morgan fingerprint density at radius 2 is 1.31 bits per heavy atom. The number of rotatable bonds is 15. The predicted octanol–water partition coefficient (Wildman–Crippen LogP) is 5.56. The van der Waals surface area contributed by atoms with Crippen molar-refractivity contribution in [1.82, 2.24) is 4.90 Å². The summed E-state index contributed by atoms with van der Waals surface area (Å²) in [4.78, 5) is 26.1. The summed E-state index contributed by atoms with van der Waals surface area (Å²) in [5, 5.41) is 0. The highest BCUT2D eigenvalue weighted by molar-refractivity contribution is 5.81. The topological polar surface area (TPSA) is 55.8 Å². The van der Waals surface area contributed by atoms with Gasteiger partial charge in [-0.15, -0.1) is 0 Å². The molecule has 5 heteroatoms. The molecule has 26 heavy (non-hydrogen) atoms. The number of hydrogen-bond acceptors (Lipinski definition) is 4. The second-order valence-electron chi connectivity index (χ2n) is 7.51. The third-order valence-corrected chi connectivity index (χ3v) is 4.44. The maximum Gasteiger partial charge on any atom is 0.410 e. The van der Waals surface area contributed by atoms with Crippen molar-refractivity contribution < 1.29 is 19.1 Å². The molecule has 0 fully saturated rings. The first-order valence-electron chi connectivity index (χ1n) is 10.5. The molecule has 0 aliphatic heterocycles. The molecule has 0 aliphatic rings. The number of nitrogens with zero attached hydrogens (tertiary/aromatic N) is 1. The van der Waals surface area contributed by atoms with Crippen molar-refractivity contribution >= 4 is 12.1 Å². The van der Waals surface area contributed by atoms with Crippen LogP contribution in [0.25, 0.3) is 0 Å². The second kappa shape index (κ2) is 16.0. The Hall–Kier alpha value is -1.26. The van der Waals surface area contributed by atoms with Gasteiger partial charge >= 0.3 is 12.1 Å². The highest BCUT2D eigenvalue weighted by Gasteiger charge is 2.29. The summed E-state index contributed by atoms with van der Waals surface area (Å²) in [5.41, 5.74) is 0. The first-order valence-corrected chi connectivity index (χ1v) is 10.5. The molecule has 5 nitrogen and oxygen atoms in total. The molecule has 0 N–H and O–H groups in total. The molecule has 0 rings (SSSR count). The SMILES string of the molecule is CCCCCCCOC(=O)[C@H](CC(C)C)N(C)C(=O)OCCCCCC. The van der Waals surface area contributed by atoms with Crippen molar-refractivity contribution in [2.24, 2.45) is 5.92 Å². The molecule has 0 bridgehead atoms. The minimum atomic E-state index is -0.575. The van der Waals surface area contributed by atoms with E-state index in [1.165, 1.54) is 24.2 Å². The molecule has 0 aromatic rings. The van der Waals surface area contributed by atoms with Gasteiger partial charge in [0.2, 0.25) is 0 Å². The number of ether oxygens (including phenoxy) is 2. The molecule has 0 aliphatic carbocycles. The number of unbranched alkanes of at least 4 members (excludes halogenated alkanes) is 7. The number of likely N-dealkylation sites (N-methyl/N-ethyl adjacent to an activating group) is 1. The number of amides is 1. The zero-order valence-corrected chi connectivity index (χ0v) is 17.7. The van der Waals surface area contributed by atoms with Crippen LogP contribution in [0.15, 0.2) is 0 Å². The van der Waals surface area contributed by atoms with Crippen LogP contribution in [0.5, 0.6) is 0 Å². The van der Waals surface area contributed by atoms with E-state index in [0.29, 0.717) is 19.6 Å². The Morgan fingerprint density at radius 1 is 0.808 bits per heavy atom. The summed E-state index contributed by atoms with van der Waals surface area (Å²) in [7, 11) is 1.63. The molecule has 1 amide bonds. The van der Waals surface area contributed by atoms with Gasteiger partial charge in [0.25, 0.3) is 0 Å². The number of hydrogen-bond donors (Lipinski definition) is 0. The van der Waals surface area contributed by atoms with Gasteiger partial charge in [-0.2, -0.15) is 0 Å². The summed E-state index contributed by atoms with van der Waals surface area (Å²) in [6, 6.07) is -0.575. The van der Waals surface area contributed by atoms with E-state index in [1.807, 2.05) is 13.8 Å². The van der Waals surface area contributed by atoms with Crippen LogP contribution in [-0.4, -0.2) is 43.3 Å². The van der Waals surface area contributed by atoms with E-state index in [-0.39, 0.29) is 11.9 Å². The monoisotopic (exact) mass is 371 g/mol. The maximum absolute atomic E-state index is 12.5. The smallest absolute Gasteiger partial charge is 0.410 e. The van der Waals surface area contributed by atoms with Gasteiger partial charge in [-0.3, -0.25) is 4.90 Å². The van der Waals surface area contributed by atoms with Crippen molar-refractivity contribution in [2.75, 3.05) is 20.3 Å². The maximum atomic E-state index is 12.5. The van der Waals surface area contributed by atoms with Gasteiger partial charge < -0.3 is 9.47 Å².